The fourth-order valence-corrected chi connectivity index (χ4v) is 8.73. The van der Waals surface area contributed by atoms with Crippen molar-refractivity contribution in [2.45, 2.75) is 105 Å². The van der Waals surface area contributed by atoms with Crippen LogP contribution in [0.5, 0.6) is 0 Å². The minimum atomic E-state index is -0.0910. The second kappa shape index (κ2) is 8.27. The first-order valence-corrected chi connectivity index (χ1v) is 12.9. The quantitative estimate of drug-likeness (QED) is 0.361. The Hall–Kier alpha value is -0.820. The van der Waals surface area contributed by atoms with Gasteiger partial charge in [-0.1, -0.05) is 57.6 Å². The van der Waals surface area contributed by atoms with Crippen molar-refractivity contribution < 1.29 is 5.11 Å². The first kappa shape index (κ1) is 22.4. The van der Waals surface area contributed by atoms with Crippen LogP contribution in [0.15, 0.2) is 35.5 Å². The minimum Gasteiger partial charge on any atom is -0.393 e. The molecule has 0 saturated heterocycles. The highest BCUT2D eigenvalue weighted by atomic mass is 16.3. The lowest BCUT2D eigenvalue weighted by Gasteiger charge is -2.58. The maximum absolute atomic E-state index is 10.2. The Morgan fingerprint density at radius 2 is 1.97 bits per heavy atom. The topological polar surface area (TPSA) is 20.2 Å². The third-order valence-electron chi connectivity index (χ3n) is 10.5. The zero-order valence-electron chi connectivity index (χ0n) is 20.3. The van der Waals surface area contributed by atoms with Crippen LogP contribution in [-0.2, 0) is 0 Å². The van der Waals surface area contributed by atoms with E-state index in [2.05, 4.69) is 53.3 Å². The Morgan fingerprint density at radius 1 is 1.20 bits per heavy atom. The van der Waals surface area contributed by atoms with Crippen molar-refractivity contribution in [3.8, 4) is 0 Å². The molecule has 0 aromatic carbocycles. The molecule has 8 atom stereocenters. The molecule has 4 aliphatic carbocycles. The molecule has 3 fully saturated rings. The predicted octanol–water partition coefficient (Wildman–Crippen LogP) is 7.87. The van der Waals surface area contributed by atoms with Gasteiger partial charge in [-0.3, -0.25) is 0 Å². The molecule has 0 amide bonds. The van der Waals surface area contributed by atoms with Gasteiger partial charge in [0, 0.05) is 0 Å². The Bertz CT molecular complexity index is 729. The molecule has 1 heteroatoms. The second-order valence-corrected chi connectivity index (χ2v) is 12.0. The van der Waals surface area contributed by atoms with Crippen LogP contribution in [0, 0.1) is 40.4 Å². The average molecular weight is 411 g/mol. The van der Waals surface area contributed by atoms with Gasteiger partial charge in [-0.2, -0.15) is 0 Å². The summed E-state index contributed by atoms with van der Waals surface area (Å²) in [6.07, 6.45) is 17.4. The van der Waals surface area contributed by atoms with Crippen LogP contribution in [0.25, 0.3) is 0 Å². The van der Waals surface area contributed by atoms with E-state index in [4.69, 9.17) is 0 Å². The summed E-state index contributed by atoms with van der Waals surface area (Å²) in [5.74, 6) is 4.28. The third-order valence-corrected chi connectivity index (χ3v) is 10.5. The summed E-state index contributed by atoms with van der Waals surface area (Å²) >= 11 is 0. The average Bonchev–Trinajstić information content (AvgIpc) is 3.06. The summed E-state index contributed by atoms with van der Waals surface area (Å²) in [7, 11) is 0. The van der Waals surface area contributed by atoms with Crippen LogP contribution >= 0.6 is 0 Å². The molecular formula is C29H46O. The summed E-state index contributed by atoms with van der Waals surface area (Å²) in [5, 5.41) is 10.2. The van der Waals surface area contributed by atoms with E-state index in [1.54, 1.807) is 5.57 Å². The van der Waals surface area contributed by atoms with Crippen LogP contribution in [0.3, 0.4) is 0 Å². The SMILES string of the molecule is C=C(C)C(=CCC(C)C1CCC2C3CC=C4CC(O)CCC4(C)C3CCC12C)CC. The standard InChI is InChI=1S/C29H46O/c1-7-21(19(2)3)9-8-20(4)25-12-13-26-24-11-10-22-18-23(30)14-16-28(22,5)27(24)15-17-29(25,26)6/h9-10,20,23-27,30H,2,7-8,11-18H2,1,3-6H3. The number of aliphatic hydroxyl groups excluding tert-OH is 1. The highest BCUT2D eigenvalue weighted by molar-refractivity contribution is 5.27. The first-order valence-electron chi connectivity index (χ1n) is 12.9. The lowest BCUT2D eigenvalue weighted by Crippen LogP contribution is -2.50. The van der Waals surface area contributed by atoms with E-state index < -0.39 is 0 Å². The van der Waals surface area contributed by atoms with Gasteiger partial charge in [0.15, 0.2) is 0 Å². The van der Waals surface area contributed by atoms with Crippen molar-refractivity contribution in [2.75, 3.05) is 0 Å². The van der Waals surface area contributed by atoms with Crippen molar-refractivity contribution >= 4 is 0 Å². The molecular weight excluding hydrogens is 364 g/mol. The summed E-state index contributed by atoms with van der Waals surface area (Å²) < 4.78 is 0. The Labute approximate surface area is 186 Å². The lowest BCUT2D eigenvalue weighted by molar-refractivity contribution is -0.0565. The molecule has 4 aliphatic rings. The van der Waals surface area contributed by atoms with E-state index in [1.165, 1.54) is 56.1 Å². The van der Waals surface area contributed by atoms with Crippen molar-refractivity contribution in [3.63, 3.8) is 0 Å². The van der Waals surface area contributed by atoms with E-state index >= 15 is 0 Å². The summed E-state index contributed by atoms with van der Waals surface area (Å²) in [5.41, 5.74) is 5.21. The highest BCUT2D eigenvalue weighted by Gasteiger charge is 2.59. The first-order chi connectivity index (χ1) is 14.2. The van der Waals surface area contributed by atoms with Crippen LogP contribution < -0.4 is 0 Å². The Kier molecular flexibility index (Phi) is 6.17. The molecule has 1 N–H and O–H groups in total. The lowest BCUT2D eigenvalue weighted by atomic mass is 9.47. The van der Waals surface area contributed by atoms with E-state index in [9.17, 15) is 5.11 Å². The molecule has 4 rings (SSSR count). The summed E-state index contributed by atoms with van der Waals surface area (Å²) in [4.78, 5) is 0. The van der Waals surface area contributed by atoms with E-state index in [1.807, 2.05) is 0 Å². The molecule has 0 heterocycles. The number of aliphatic hydroxyl groups is 1. The maximum Gasteiger partial charge on any atom is 0.0577 e. The molecule has 0 radical (unpaired) electrons. The van der Waals surface area contributed by atoms with Crippen LogP contribution in [-0.4, -0.2) is 11.2 Å². The third kappa shape index (κ3) is 3.58. The molecule has 3 saturated carbocycles. The van der Waals surface area contributed by atoms with Gasteiger partial charge in [-0.25, -0.2) is 0 Å². The number of hydrogen-bond acceptors (Lipinski definition) is 1. The van der Waals surface area contributed by atoms with E-state index in [0.717, 1.165) is 48.9 Å². The van der Waals surface area contributed by atoms with Gasteiger partial charge in [0.1, 0.15) is 0 Å². The van der Waals surface area contributed by atoms with Crippen molar-refractivity contribution in [3.05, 3.63) is 35.5 Å². The molecule has 0 aromatic heterocycles. The molecule has 0 bridgehead atoms. The minimum absolute atomic E-state index is 0.0910. The Morgan fingerprint density at radius 3 is 2.67 bits per heavy atom. The normalized spacial score (nSPS) is 44.5. The van der Waals surface area contributed by atoms with Crippen LogP contribution in [0.1, 0.15) is 98.8 Å². The number of hydrogen-bond donors (Lipinski definition) is 1. The van der Waals surface area contributed by atoms with Gasteiger partial charge >= 0.3 is 0 Å². The number of rotatable bonds is 5. The van der Waals surface area contributed by atoms with Gasteiger partial charge in [-0.15, -0.1) is 0 Å². The van der Waals surface area contributed by atoms with Gasteiger partial charge in [0.2, 0.25) is 0 Å². The van der Waals surface area contributed by atoms with Crippen molar-refractivity contribution in [1.82, 2.24) is 0 Å². The molecule has 0 spiro atoms. The molecule has 8 unspecified atom stereocenters. The summed E-state index contributed by atoms with van der Waals surface area (Å²) in [6.45, 7) is 16.3. The largest absolute Gasteiger partial charge is 0.393 e. The van der Waals surface area contributed by atoms with Gasteiger partial charge in [0.05, 0.1) is 6.10 Å². The molecule has 1 nitrogen and oxygen atoms in total. The van der Waals surface area contributed by atoms with E-state index in [-0.39, 0.29) is 6.10 Å². The summed E-state index contributed by atoms with van der Waals surface area (Å²) in [6, 6.07) is 0. The molecule has 30 heavy (non-hydrogen) atoms. The predicted molar refractivity (Wildman–Crippen MR) is 128 cm³/mol. The van der Waals surface area contributed by atoms with Crippen molar-refractivity contribution in [1.29, 1.82) is 0 Å². The van der Waals surface area contributed by atoms with Gasteiger partial charge < -0.3 is 5.11 Å². The fourth-order valence-electron chi connectivity index (χ4n) is 8.73. The zero-order valence-corrected chi connectivity index (χ0v) is 20.3. The highest BCUT2D eigenvalue weighted by Crippen LogP contribution is 2.67. The van der Waals surface area contributed by atoms with Gasteiger partial charge in [0.25, 0.3) is 0 Å². The molecule has 0 aromatic rings. The number of allylic oxidation sites excluding steroid dienone is 4. The van der Waals surface area contributed by atoms with Crippen molar-refractivity contribution in [2.24, 2.45) is 40.4 Å². The van der Waals surface area contributed by atoms with E-state index in [0.29, 0.717) is 10.8 Å². The Balaban J connectivity index is 1.52. The monoisotopic (exact) mass is 410 g/mol. The number of fused-ring (bicyclic) bond motifs is 5. The second-order valence-electron chi connectivity index (χ2n) is 12.0. The fraction of sp³-hybridized carbons (Fsp3) is 0.793. The molecule has 0 aliphatic heterocycles. The smallest absolute Gasteiger partial charge is 0.0577 e. The van der Waals surface area contributed by atoms with Crippen LogP contribution in [0.2, 0.25) is 0 Å². The molecule has 168 valence electrons. The zero-order chi connectivity index (χ0) is 21.7. The van der Waals surface area contributed by atoms with Crippen LogP contribution in [0.4, 0.5) is 0 Å². The van der Waals surface area contributed by atoms with Gasteiger partial charge in [-0.05, 0) is 117 Å². The maximum atomic E-state index is 10.2.